The summed E-state index contributed by atoms with van der Waals surface area (Å²) < 4.78 is 26.0. The van der Waals surface area contributed by atoms with Gasteiger partial charge in [-0.05, 0) is 22.0 Å². The van der Waals surface area contributed by atoms with Gasteiger partial charge in [-0.25, -0.2) is 8.78 Å². The molecule has 0 aliphatic heterocycles. The molecule has 2 N–H and O–H groups in total. The minimum absolute atomic E-state index is 0.137. The molecule has 1 rings (SSSR count). The lowest BCUT2D eigenvalue weighted by atomic mass is 10.1. The molecule has 1 atom stereocenters. The minimum Gasteiger partial charge on any atom is -0.327 e. The normalized spacial score (nSPS) is 13.0. The molecule has 0 fully saturated rings. The molecule has 0 aliphatic rings. The Bertz CT molecular complexity index is 278. The third-order valence-corrected chi connectivity index (χ3v) is 2.36. The van der Waals surface area contributed by atoms with Crippen molar-refractivity contribution in [2.45, 2.75) is 6.17 Å². The maximum absolute atomic E-state index is 13.0. The minimum atomic E-state index is -1.31. The molecule has 1 unspecified atom stereocenters. The highest BCUT2D eigenvalue weighted by Gasteiger charge is 2.13. The van der Waals surface area contributed by atoms with Gasteiger partial charge in [-0.1, -0.05) is 12.1 Å². The van der Waals surface area contributed by atoms with Crippen molar-refractivity contribution in [1.82, 2.24) is 0 Å². The quantitative estimate of drug-likeness (QED) is 0.838. The second kappa shape index (κ2) is 3.96. The van der Waals surface area contributed by atoms with E-state index in [0.29, 0.717) is 0 Å². The first-order chi connectivity index (χ1) is 5.66. The SMILES string of the molecule is NCC(F)c1cccc(F)c1Br. The highest BCUT2D eigenvalue weighted by Crippen LogP contribution is 2.27. The number of hydrogen-bond donors (Lipinski definition) is 1. The van der Waals surface area contributed by atoms with Crippen molar-refractivity contribution < 1.29 is 8.78 Å². The van der Waals surface area contributed by atoms with Gasteiger partial charge in [-0.3, -0.25) is 0 Å². The van der Waals surface area contributed by atoms with Crippen LogP contribution in [-0.2, 0) is 0 Å². The van der Waals surface area contributed by atoms with Crippen LogP contribution in [0.5, 0.6) is 0 Å². The molecule has 0 spiro atoms. The van der Waals surface area contributed by atoms with Crippen molar-refractivity contribution in [2.24, 2.45) is 5.73 Å². The molecule has 0 radical (unpaired) electrons. The zero-order valence-corrected chi connectivity index (χ0v) is 7.81. The van der Waals surface area contributed by atoms with Crippen LogP contribution in [0.2, 0.25) is 0 Å². The molecule has 0 bridgehead atoms. The van der Waals surface area contributed by atoms with E-state index in [4.69, 9.17) is 5.73 Å². The molecule has 0 saturated heterocycles. The van der Waals surface area contributed by atoms with Gasteiger partial charge in [0.1, 0.15) is 12.0 Å². The lowest BCUT2D eigenvalue weighted by Gasteiger charge is -2.07. The molecule has 0 aliphatic carbocycles. The summed E-state index contributed by atoms with van der Waals surface area (Å²) in [6.45, 7) is -0.137. The van der Waals surface area contributed by atoms with E-state index in [9.17, 15) is 8.78 Å². The standard InChI is InChI=1S/C8H8BrF2N/c9-8-5(7(11)4-12)2-1-3-6(8)10/h1-3,7H,4,12H2. The van der Waals surface area contributed by atoms with Gasteiger partial charge in [0.25, 0.3) is 0 Å². The fraction of sp³-hybridized carbons (Fsp3) is 0.250. The summed E-state index contributed by atoms with van der Waals surface area (Å²) >= 11 is 2.95. The van der Waals surface area contributed by atoms with Gasteiger partial charge in [0.15, 0.2) is 0 Å². The number of nitrogens with two attached hydrogens (primary N) is 1. The molecular weight excluding hydrogens is 228 g/mol. The fourth-order valence-corrected chi connectivity index (χ4v) is 1.40. The Morgan fingerprint density at radius 1 is 1.50 bits per heavy atom. The molecule has 0 heterocycles. The van der Waals surface area contributed by atoms with E-state index in [-0.39, 0.29) is 16.6 Å². The van der Waals surface area contributed by atoms with Crippen molar-refractivity contribution in [3.05, 3.63) is 34.1 Å². The van der Waals surface area contributed by atoms with Crippen LogP contribution in [0.25, 0.3) is 0 Å². The van der Waals surface area contributed by atoms with Crippen LogP contribution >= 0.6 is 15.9 Å². The van der Waals surface area contributed by atoms with Gasteiger partial charge in [-0.2, -0.15) is 0 Å². The van der Waals surface area contributed by atoms with Crippen molar-refractivity contribution in [1.29, 1.82) is 0 Å². The van der Waals surface area contributed by atoms with E-state index < -0.39 is 12.0 Å². The number of hydrogen-bond acceptors (Lipinski definition) is 1. The zero-order valence-electron chi connectivity index (χ0n) is 6.23. The molecule has 1 nitrogen and oxygen atoms in total. The largest absolute Gasteiger partial charge is 0.327 e. The second-order valence-electron chi connectivity index (χ2n) is 2.35. The van der Waals surface area contributed by atoms with Gasteiger partial charge < -0.3 is 5.73 Å². The number of halogens is 3. The smallest absolute Gasteiger partial charge is 0.138 e. The first-order valence-corrected chi connectivity index (χ1v) is 4.24. The molecule has 66 valence electrons. The van der Waals surface area contributed by atoms with Crippen molar-refractivity contribution >= 4 is 15.9 Å². The first-order valence-electron chi connectivity index (χ1n) is 3.45. The van der Waals surface area contributed by atoms with Gasteiger partial charge in [0.05, 0.1) is 4.47 Å². The second-order valence-corrected chi connectivity index (χ2v) is 3.14. The lowest BCUT2D eigenvalue weighted by Crippen LogP contribution is -2.08. The fourth-order valence-electron chi connectivity index (χ4n) is 0.889. The molecule has 1 aromatic carbocycles. The number of benzene rings is 1. The predicted molar refractivity (Wildman–Crippen MR) is 47.0 cm³/mol. The molecule has 0 aromatic heterocycles. The summed E-state index contributed by atoms with van der Waals surface area (Å²) in [6, 6.07) is 4.22. The van der Waals surface area contributed by atoms with Crippen molar-refractivity contribution in [3.8, 4) is 0 Å². The highest BCUT2D eigenvalue weighted by atomic mass is 79.9. The van der Waals surface area contributed by atoms with Crippen molar-refractivity contribution in [2.75, 3.05) is 6.54 Å². The Kier molecular flexibility index (Phi) is 3.17. The van der Waals surface area contributed by atoms with Crippen LogP contribution in [0.1, 0.15) is 11.7 Å². The highest BCUT2D eigenvalue weighted by molar-refractivity contribution is 9.10. The van der Waals surface area contributed by atoms with Crippen molar-refractivity contribution in [3.63, 3.8) is 0 Å². The van der Waals surface area contributed by atoms with Crippen LogP contribution in [0, 0.1) is 5.82 Å². The maximum Gasteiger partial charge on any atom is 0.138 e. The summed E-state index contributed by atoms with van der Waals surface area (Å²) in [7, 11) is 0. The summed E-state index contributed by atoms with van der Waals surface area (Å²) in [4.78, 5) is 0. The lowest BCUT2D eigenvalue weighted by molar-refractivity contribution is 0.350. The summed E-state index contributed by atoms with van der Waals surface area (Å²) in [5.41, 5.74) is 5.37. The Hall–Kier alpha value is -0.480. The predicted octanol–water partition coefficient (Wildman–Crippen LogP) is 2.56. The van der Waals surface area contributed by atoms with E-state index in [0.717, 1.165) is 0 Å². The van der Waals surface area contributed by atoms with E-state index in [1.807, 2.05) is 0 Å². The third-order valence-electron chi connectivity index (χ3n) is 1.53. The Morgan fingerprint density at radius 2 is 2.17 bits per heavy atom. The van der Waals surface area contributed by atoms with Gasteiger partial charge in [-0.15, -0.1) is 0 Å². The molecule has 4 heteroatoms. The van der Waals surface area contributed by atoms with Gasteiger partial charge in [0, 0.05) is 12.1 Å². The van der Waals surface area contributed by atoms with E-state index in [2.05, 4.69) is 15.9 Å². The van der Waals surface area contributed by atoms with Crippen LogP contribution in [0.15, 0.2) is 22.7 Å². The molecular formula is C8H8BrF2N. The van der Waals surface area contributed by atoms with Crippen LogP contribution in [0.4, 0.5) is 8.78 Å². The Balaban J connectivity index is 3.07. The number of alkyl halides is 1. The monoisotopic (exact) mass is 235 g/mol. The molecule has 0 amide bonds. The summed E-state index contributed by atoms with van der Waals surface area (Å²) in [5.74, 6) is -0.469. The summed E-state index contributed by atoms with van der Waals surface area (Å²) in [5, 5.41) is 0. The van der Waals surface area contributed by atoms with Crippen LogP contribution < -0.4 is 5.73 Å². The van der Waals surface area contributed by atoms with Gasteiger partial charge >= 0.3 is 0 Å². The third kappa shape index (κ3) is 1.81. The maximum atomic E-state index is 13.0. The topological polar surface area (TPSA) is 26.0 Å². The van der Waals surface area contributed by atoms with E-state index in [1.54, 1.807) is 0 Å². The van der Waals surface area contributed by atoms with Crippen LogP contribution in [0.3, 0.4) is 0 Å². The van der Waals surface area contributed by atoms with Crippen LogP contribution in [-0.4, -0.2) is 6.54 Å². The Morgan fingerprint density at radius 3 is 2.75 bits per heavy atom. The Labute approximate surface area is 77.7 Å². The van der Waals surface area contributed by atoms with Gasteiger partial charge in [0.2, 0.25) is 0 Å². The average Bonchev–Trinajstić information content (AvgIpc) is 2.08. The molecule has 1 aromatic rings. The first kappa shape index (κ1) is 9.61. The number of rotatable bonds is 2. The summed E-state index contributed by atoms with van der Waals surface area (Å²) in [6.07, 6.45) is -1.31. The molecule has 0 saturated carbocycles. The van der Waals surface area contributed by atoms with E-state index in [1.165, 1.54) is 18.2 Å². The zero-order chi connectivity index (χ0) is 9.14. The average molecular weight is 236 g/mol. The van der Waals surface area contributed by atoms with E-state index >= 15 is 0 Å². The molecule has 12 heavy (non-hydrogen) atoms.